The summed E-state index contributed by atoms with van der Waals surface area (Å²) in [5, 5.41) is 3.64. The van der Waals surface area contributed by atoms with E-state index in [-0.39, 0.29) is 0 Å². The maximum absolute atomic E-state index is 4.69. The summed E-state index contributed by atoms with van der Waals surface area (Å²) in [4.78, 5) is 4.69. The zero-order chi connectivity index (χ0) is 14.8. The van der Waals surface area contributed by atoms with E-state index >= 15 is 0 Å². The molecule has 21 heavy (non-hydrogen) atoms. The van der Waals surface area contributed by atoms with E-state index in [0.717, 1.165) is 11.6 Å². The molecule has 3 nitrogen and oxygen atoms in total. The Hall–Kier alpha value is -1.77. The number of rotatable bonds is 4. The molecule has 1 aliphatic rings. The predicted molar refractivity (Wildman–Crippen MR) is 87.8 cm³/mol. The van der Waals surface area contributed by atoms with Gasteiger partial charge in [0.15, 0.2) is 0 Å². The number of anilines is 1. The molecule has 1 heterocycles. The van der Waals surface area contributed by atoms with Crippen LogP contribution in [0.1, 0.15) is 55.5 Å². The van der Waals surface area contributed by atoms with Gasteiger partial charge >= 0.3 is 0 Å². The normalized spacial score (nSPS) is 17.1. The first-order chi connectivity index (χ1) is 10.1. The fourth-order valence-electron chi connectivity index (χ4n) is 3.18. The first-order valence-corrected chi connectivity index (χ1v) is 8.02. The van der Waals surface area contributed by atoms with Crippen LogP contribution in [0.15, 0.2) is 30.5 Å². The van der Waals surface area contributed by atoms with E-state index in [1.165, 1.54) is 36.8 Å². The van der Waals surface area contributed by atoms with Gasteiger partial charge in [-0.2, -0.15) is 0 Å². The third kappa shape index (κ3) is 3.12. The number of nitrogens with one attached hydrogen (secondary N) is 1. The molecule has 112 valence electrons. The van der Waals surface area contributed by atoms with E-state index in [4.69, 9.17) is 4.98 Å². The Kier molecular flexibility index (Phi) is 4.00. The van der Waals surface area contributed by atoms with Gasteiger partial charge in [0.1, 0.15) is 0 Å². The van der Waals surface area contributed by atoms with Crippen LogP contribution in [0.25, 0.3) is 0 Å². The minimum Gasteiger partial charge on any atom is -0.353 e. The van der Waals surface area contributed by atoms with Gasteiger partial charge < -0.3 is 9.88 Å². The zero-order valence-corrected chi connectivity index (χ0v) is 13.3. The summed E-state index contributed by atoms with van der Waals surface area (Å²) in [6, 6.07) is 9.69. The number of nitrogens with zero attached hydrogens (tertiary/aromatic N) is 2. The smallest absolute Gasteiger partial charge is 0.203 e. The SMILES string of the molecule is Cc1ccc(C(C)n2cc(C)nc2NC2CCCC2)cc1. The summed E-state index contributed by atoms with van der Waals surface area (Å²) in [6.07, 6.45) is 7.37. The van der Waals surface area contributed by atoms with E-state index < -0.39 is 0 Å². The minimum absolute atomic E-state index is 0.302. The van der Waals surface area contributed by atoms with Gasteiger partial charge in [0.25, 0.3) is 0 Å². The van der Waals surface area contributed by atoms with E-state index in [1.54, 1.807) is 0 Å². The van der Waals surface area contributed by atoms with Crippen molar-refractivity contribution in [2.75, 3.05) is 5.32 Å². The van der Waals surface area contributed by atoms with Crippen molar-refractivity contribution in [3.05, 3.63) is 47.3 Å². The second-order valence-electron chi connectivity index (χ2n) is 6.33. The summed E-state index contributed by atoms with van der Waals surface area (Å²) < 4.78 is 2.28. The maximum Gasteiger partial charge on any atom is 0.203 e. The van der Waals surface area contributed by atoms with Crippen molar-refractivity contribution in [3.63, 3.8) is 0 Å². The molecule has 0 bridgehead atoms. The Morgan fingerprint density at radius 2 is 1.81 bits per heavy atom. The molecule has 2 aromatic rings. The monoisotopic (exact) mass is 283 g/mol. The van der Waals surface area contributed by atoms with Crippen LogP contribution < -0.4 is 5.32 Å². The molecule has 1 aliphatic carbocycles. The molecule has 1 aromatic carbocycles. The molecule has 1 N–H and O–H groups in total. The van der Waals surface area contributed by atoms with Gasteiger partial charge in [0.2, 0.25) is 5.95 Å². The minimum atomic E-state index is 0.302. The first kappa shape index (κ1) is 14.2. The zero-order valence-electron chi connectivity index (χ0n) is 13.3. The molecule has 0 saturated heterocycles. The van der Waals surface area contributed by atoms with Crippen LogP contribution in [-0.4, -0.2) is 15.6 Å². The van der Waals surface area contributed by atoms with Crippen molar-refractivity contribution in [1.29, 1.82) is 0 Å². The highest BCUT2D eigenvalue weighted by atomic mass is 15.2. The molecule has 1 atom stereocenters. The predicted octanol–water partition coefficient (Wildman–Crippen LogP) is 4.46. The van der Waals surface area contributed by atoms with Gasteiger partial charge in [-0.1, -0.05) is 42.7 Å². The molecule has 3 heteroatoms. The summed E-state index contributed by atoms with van der Waals surface area (Å²) in [5.41, 5.74) is 3.71. The van der Waals surface area contributed by atoms with Crippen LogP contribution in [0.3, 0.4) is 0 Å². The second kappa shape index (κ2) is 5.92. The lowest BCUT2D eigenvalue weighted by Crippen LogP contribution is -2.19. The topological polar surface area (TPSA) is 29.9 Å². The third-order valence-corrected chi connectivity index (χ3v) is 4.52. The van der Waals surface area contributed by atoms with Crippen molar-refractivity contribution in [2.45, 2.75) is 58.5 Å². The number of benzene rings is 1. The van der Waals surface area contributed by atoms with Crippen molar-refractivity contribution in [2.24, 2.45) is 0 Å². The number of aromatic nitrogens is 2. The quantitative estimate of drug-likeness (QED) is 0.897. The van der Waals surface area contributed by atoms with Crippen molar-refractivity contribution < 1.29 is 0 Å². The van der Waals surface area contributed by atoms with E-state index in [0.29, 0.717) is 12.1 Å². The van der Waals surface area contributed by atoms with E-state index in [2.05, 4.69) is 61.1 Å². The van der Waals surface area contributed by atoms with E-state index in [9.17, 15) is 0 Å². The number of hydrogen-bond acceptors (Lipinski definition) is 2. The molecule has 0 aliphatic heterocycles. The fourth-order valence-corrected chi connectivity index (χ4v) is 3.18. The summed E-state index contributed by atoms with van der Waals surface area (Å²) >= 11 is 0. The standard InChI is InChI=1S/C18H25N3/c1-13-8-10-16(11-9-13)15(3)21-12-14(2)19-18(21)20-17-6-4-5-7-17/h8-12,15,17H,4-7H2,1-3H3,(H,19,20). The lowest BCUT2D eigenvalue weighted by molar-refractivity contribution is 0.629. The Morgan fingerprint density at radius 1 is 1.14 bits per heavy atom. The highest BCUT2D eigenvalue weighted by molar-refractivity contribution is 5.34. The molecular formula is C18H25N3. The molecule has 0 spiro atoms. The van der Waals surface area contributed by atoms with Crippen LogP contribution >= 0.6 is 0 Å². The maximum atomic E-state index is 4.69. The highest BCUT2D eigenvalue weighted by Gasteiger charge is 2.19. The van der Waals surface area contributed by atoms with Crippen LogP contribution in [0.2, 0.25) is 0 Å². The molecule has 3 rings (SSSR count). The summed E-state index contributed by atoms with van der Waals surface area (Å²) in [7, 11) is 0. The van der Waals surface area contributed by atoms with E-state index in [1.807, 2.05) is 0 Å². The molecule has 1 saturated carbocycles. The molecule has 0 radical (unpaired) electrons. The second-order valence-corrected chi connectivity index (χ2v) is 6.33. The van der Waals surface area contributed by atoms with Gasteiger partial charge in [-0.15, -0.1) is 0 Å². The Balaban J connectivity index is 1.84. The van der Waals surface area contributed by atoms with Gasteiger partial charge in [-0.25, -0.2) is 4.98 Å². The molecule has 1 aromatic heterocycles. The van der Waals surface area contributed by atoms with Crippen LogP contribution in [-0.2, 0) is 0 Å². The number of imidazole rings is 1. The number of aryl methyl sites for hydroxylation is 2. The highest BCUT2D eigenvalue weighted by Crippen LogP contribution is 2.26. The van der Waals surface area contributed by atoms with Crippen LogP contribution in [0, 0.1) is 13.8 Å². The lowest BCUT2D eigenvalue weighted by Gasteiger charge is -2.20. The Morgan fingerprint density at radius 3 is 2.48 bits per heavy atom. The van der Waals surface area contributed by atoms with Crippen molar-refractivity contribution in [3.8, 4) is 0 Å². The molecule has 0 amide bonds. The van der Waals surface area contributed by atoms with Crippen molar-refractivity contribution >= 4 is 5.95 Å². The molecule has 1 fully saturated rings. The summed E-state index contributed by atoms with van der Waals surface area (Å²) in [6.45, 7) is 6.44. The van der Waals surface area contributed by atoms with Gasteiger partial charge in [-0.3, -0.25) is 0 Å². The lowest BCUT2D eigenvalue weighted by atomic mass is 10.1. The third-order valence-electron chi connectivity index (χ3n) is 4.52. The summed E-state index contributed by atoms with van der Waals surface area (Å²) in [5.74, 6) is 1.02. The largest absolute Gasteiger partial charge is 0.353 e. The fraction of sp³-hybridized carbons (Fsp3) is 0.500. The average molecular weight is 283 g/mol. The van der Waals surface area contributed by atoms with Crippen LogP contribution in [0.5, 0.6) is 0 Å². The van der Waals surface area contributed by atoms with Crippen molar-refractivity contribution in [1.82, 2.24) is 9.55 Å². The van der Waals surface area contributed by atoms with Gasteiger partial charge in [-0.05, 0) is 39.2 Å². The Bertz CT molecular complexity index is 591. The van der Waals surface area contributed by atoms with Gasteiger partial charge in [0, 0.05) is 12.2 Å². The van der Waals surface area contributed by atoms with Crippen LogP contribution in [0.4, 0.5) is 5.95 Å². The molecular weight excluding hydrogens is 258 g/mol. The first-order valence-electron chi connectivity index (χ1n) is 8.02. The number of hydrogen-bond donors (Lipinski definition) is 1. The molecule has 1 unspecified atom stereocenters. The van der Waals surface area contributed by atoms with Gasteiger partial charge in [0.05, 0.1) is 11.7 Å². The average Bonchev–Trinajstić information content (AvgIpc) is 3.09. The Labute approximate surface area is 127 Å².